The van der Waals surface area contributed by atoms with Gasteiger partial charge in [0.05, 0.1) is 24.1 Å². The largest absolute Gasteiger partial charge is 0.304 e. The fourth-order valence-electron chi connectivity index (χ4n) is 3.14. The Bertz CT molecular complexity index is 684. The van der Waals surface area contributed by atoms with Crippen molar-refractivity contribution in [1.29, 1.82) is 0 Å². The second-order valence-corrected chi connectivity index (χ2v) is 6.02. The van der Waals surface area contributed by atoms with E-state index in [4.69, 9.17) is 0 Å². The first-order valence-corrected chi connectivity index (χ1v) is 7.89. The molecule has 3 atom stereocenters. The van der Waals surface area contributed by atoms with Crippen molar-refractivity contribution in [2.45, 2.75) is 38.3 Å². The van der Waals surface area contributed by atoms with Crippen LogP contribution in [0.15, 0.2) is 36.7 Å². The zero-order chi connectivity index (χ0) is 16.2. The molecule has 1 N–H and O–H groups in total. The van der Waals surface area contributed by atoms with E-state index in [2.05, 4.69) is 22.4 Å². The summed E-state index contributed by atoms with van der Waals surface area (Å²) in [5, 5.41) is 11.5. The number of aromatic nitrogens is 3. The molecule has 120 valence electrons. The van der Waals surface area contributed by atoms with E-state index >= 15 is 0 Å². The minimum absolute atomic E-state index is 0.0254. The maximum absolute atomic E-state index is 12.9. The lowest BCUT2D eigenvalue weighted by Gasteiger charge is -2.34. The molecule has 23 heavy (non-hydrogen) atoms. The Kier molecular flexibility index (Phi) is 4.62. The van der Waals surface area contributed by atoms with Gasteiger partial charge in [0.25, 0.3) is 0 Å². The molecule has 6 nitrogen and oxygen atoms in total. The molecule has 1 fully saturated rings. The monoisotopic (exact) mass is 312 g/mol. The molecule has 1 aliphatic rings. The maximum Gasteiger partial charge on any atom is 0.180 e. The second-order valence-electron chi connectivity index (χ2n) is 6.02. The standard InChI is InChI=1S/C17H20N4O2/c1-12-5-6-13(7-10-22)16(20-12)17(23)14-3-2-4-15(11-14)21-18-8-9-19-21/h2-4,8-13,16,20H,5-7H2,1H3/t12-,13-,16?/m1/s1. The van der Waals surface area contributed by atoms with Crippen LogP contribution in [0.25, 0.3) is 5.69 Å². The Balaban J connectivity index is 1.86. The summed E-state index contributed by atoms with van der Waals surface area (Å²) in [5.41, 5.74) is 1.36. The van der Waals surface area contributed by atoms with E-state index in [1.807, 2.05) is 12.1 Å². The highest BCUT2D eigenvalue weighted by Gasteiger charge is 2.33. The summed E-state index contributed by atoms with van der Waals surface area (Å²) in [6, 6.07) is 7.24. The summed E-state index contributed by atoms with van der Waals surface area (Å²) in [5.74, 6) is 0.0834. The summed E-state index contributed by atoms with van der Waals surface area (Å²) >= 11 is 0. The quantitative estimate of drug-likeness (QED) is 0.673. The zero-order valence-electron chi connectivity index (χ0n) is 13.1. The molecule has 0 radical (unpaired) electrons. The van der Waals surface area contributed by atoms with Crippen LogP contribution < -0.4 is 5.32 Å². The highest BCUT2D eigenvalue weighted by atomic mass is 16.1. The van der Waals surface area contributed by atoms with Crippen LogP contribution in [0.1, 0.15) is 36.5 Å². The number of nitrogens with zero attached hydrogens (tertiary/aromatic N) is 3. The first-order valence-electron chi connectivity index (χ1n) is 7.89. The number of benzene rings is 1. The zero-order valence-corrected chi connectivity index (χ0v) is 13.1. The summed E-state index contributed by atoms with van der Waals surface area (Å²) in [6.45, 7) is 2.07. The molecule has 1 aromatic carbocycles. The van der Waals surface area contributed by atoms with Gasteiger partial charge in [0, 0.05) is 18.0 Å². The molecular formula is C17H20N4O2. The predicted molar refractivity (Wildman–Crippen MR) is 85.5 cm³/mol. The van der Waals surface area contributed by atoms with Crippen molar-refractivity contribution in [2.24, 2.45) is 5.92 Å². The van der Waals surface area contributed by atoms with Crippen molar-refractivity contribution in [1.82, 2.24) is 20.3 Å². The van der Waals surface area contributed by atoms with Gasteiger partial charge >= 0.3 is 0 Å². The number of aldehydes is 1. The van der Waals surface area contributed by atoms with Crippen LogP contribution in [0.3, 0.4) is 0 Å². The Morgan fingerprint density at radius 1 is 1.35 bits per heavy atom. The van der Waals surface area contributed by atoms with Crippen LogP contribution in [0.2, 0.25) is 0 Å². The minimum atomic E-state index is -0.315. The van der Waals surface area contributed by atoms with E-state index < -0.39 is 0 Å². The fourth-order valence-corrected chi connectivity index (χ4v) is 3.14. The Labute approximate surface area is 134 Å². The number of rotatable bonds is 5. The number of nitrogens with one attached hydrogen (secondary N) is 1. The second kappa shape index (κ2) is 6.83. The van der Waals surface area contributed by atoms with Crippen molar-refractivity contribution in [2.75, 3.05) is 0 Å². The average Bonchev–Trinajstić information content (AvgIpc) is 3.11. The topological polar surface area (TPSA) is 76.9 Å². The van der Waals surface area contributed by atoms with Crippen LogP contribution >= 0.6 is 0 Å². The number of carbonyl (C=O) groups is 2. The van der Waals surface area contributed by atoms with Crippen LogP contribution in [0.5, 0.6) is 0 Å². The molecule has 1 unspecified atom stereocenters. The van der Waals surface area contributed by atoms with Crippen molar-refractivity contribution >= 4 is 12.1 Å². The summed E-state index contributed by atoms with van der Waals surface area (Å²) in [6.07, 6.45) is 6.39. The normalized spacial score (nSPS) is 24.3. The van der Waals surface area contributed by atoms with Crippen LogP contribution in [0, 0.1) is 5.92 Å². The van der Waals surface area contributed by atoms with Gasteiger partial charge in [0.2, 0.25) is 0 Å². The van der Waals surface area contributed by atoms with Crippen LogP contribution in [-0.2, 0) is 4.79 Å². The molecular weight excluding hydrogens is 292 g/mol. The summed E-state index contributed by atoms with van der Waals surface area (Å²) in [7, 11) is 0. The number of carbonyl (C=O) groups excluding carboxylic acids is 2. The minimum Gasteiger partial charge on any atom is -0.304 e. The third-order valence-electron chi connectivity index (χ3n) is 4.37. The van der Waals surface area contributed by atoms with Gasteiger partial charge in [0.1, 0.15) is 6.29 Å². The predicted octanol–water partition coefficient (Wildman–Crippen LogP) is 1.80. The van der Waals surface area contributed by atoms with Gasteiger partial charge in [-0.25, -0.2) is 0 Å². The van der Waals surface area contributed by atoms with Gasteiger partial charge in [-0.15, -0.1) is 0 Å². The Morgan fingerprint density at radius 3 is 2.87 bits per heavy atom. The average molecular weight is 312 g/mol. The number of ketones is 1. The molecule has 1 saturated heterocycles. The van der Waals surface area contributed by atoms with E-state index in [0.29, 0.717) is 12.0 Å². The van der Waals surface area contributed by atoms with Crippen LogP contribution in [0.4, 0.5) is 0 Å². The van der Waals surface area contributed by atoms with Gasteiger partial charge in [-0.1, -0.05) is 12.1 Å². The van der Waals surface area contributed by atoms with Gasteiger partial charge < -0.3 is 10.1 Å². The molecule has 2 aromatic rings. The van der Waals surface area contributed by atoms with Crippen molar-refractivity contribution < 1.29 is 9.59 Å². The fraction of sp³-hybridized carbons (Fsp3) is 0.412. The third kappa shape index (κ3) is 3.37. The van der Waals surface area contributed by atoms with E-state index in [1.54, 1.807) is 24.5 Å². The van der Waals surface area contributed by atoms with E-state index in [0.717, 1.165) is 24.8 Å². The number of hydrogen-bond acceptors (Lipinski definition) is 5. The molecule has 1 aliphatic heterocycles. The van der Waals surface area contributed by atoms with Crippen LogP contribution in [-0.4, -0.2) is 39.1 Å². The molecule has 0 spiro atoms. The lowest BCUT2D eigenvalue weighted by molar-refractivity contribution is -0.108. The van der Waals surface area contributed by atoms with Gasteiger partial charge in [-0.3, -0.25) is 4.79 Å². The third-order valence-corrected chi connectivity index (χ3v) is 4.37. The SMILES string of the molecule is C[C@@H]1CC[C@H](CC=O)C(C(=O)c2cccc(-n3nccn3)c2)N1. The van der Waals surface area contributed by atoms with E-state index in [-0.39, 0.29) is 23.8 Å². The van der Waals surface area contributed by atoms with Gasteiger partial charge in [-0.2, -0.15) is 15.0 Å². The molecule has 0 aliphatic carbocycles. The molecule has 2 heterocycles. The molecule has 0 saturated carbocycles. The first-order chi connectivity index (χ1) is 11.2. The van der Waals surface area contributed by atoms with Crippen molar-refractivity contribution in [3.8, 4) is 5.69 Å². The maximum atomic E-state index is 12.9. The van der Waals surface area contributed by atoms with Gasteiger partial charge in [-0.05, 0) is 37.8 Å². The van der Waals surface area contributed by atoms with Crippen molar-refractivity contribution in [3.63, 3.8) is 0 Å². The highest BCUT2D eigenvalue weighted by molar-refractivity contribution is 6.01. The Hall–Kier alpha value is -2.34. The number of Topliss-reactive ketones (excluding diaryl/α,β-unsaturated/α-hetero) is 1. The first kappa shape index (κ1) is 15.6. The van der Waals surface area contributed by atoms with E-state index in [1.165, 1.54) is 4.80 Å². The molecule has 0 bridgehead atoms. The lowest BCUT2D eigenvalue weighted by atomic mass is 9.82. The number of hydrogen-bond donors (Lipinski definition) is 1. The molecule has 6 heteroatoms. The summed E-state index contributed by atoms with van der Waals surface area (Å²) < 4.78 is 0. The van der Waals surface area contributed by atoms with Gasteiger partial charge in [0.15, 0.2) is 5.78 Å². The number of piperidine rings is 1. The smallest absolute Gasteiger partial charge is 0.180 e. The van der Waals surface area contributed by atoms with Crippen molar-refractivity contribution in [3.05, 3.63) is 42.2 Å². The summed E-state index contributed by atoms with van der Waals surface area (Å²) in [4.78, 5) is 25.3. The molecule has 1 aromatic heterocycles. The molecule has 0 amide bonds. The lowest BCUT2D eigenvalue weighted by Crippen LogP contribution is -2.51. The van der Waals surface area contributed by atoms with E-state index in [9.17, 15) is 9.59 Å². The highest BCUT2D eigenvalue weighted by Crippen LogP contribution is 2.25. The molecule has 3 rings (SSSR count). The Morgan fingerprint density at radius 2 is 2.13 bits per heavy atom.